The molecule has 2 heterocycles. The standard InChI is InChI=1S/C22H27ClN2O3S.ClH/c1-28-22-9-8-20(13-21(22)23)29(26,27)25-11-4-5-17(15-25)14-24-12-10-18-6-2-3-7-19(18)16-24;/h2-3,6-9,13,17H,4-5,10-12,14-16H2,1H3;1H. The molecule has 1 saturated heterocycles. The first-order valence-electron chi connectivity index (χ1n) is 10.1. The lowest BCUT2D eigenvalue weighted by Crippen LogP contribution is -2.44. The molecule has 1 unspecified atom stereocenters. The zero-order valence-electron chi connectivity index (χ0n) is 17.1. The van der Waals surface area contributed by atoms with E-state index in [4.69, 9.17) is 16.3 Å². The number of methoxy groups -OCH3 is 1. The van der Waals surface area contributed by atoms with Gasteiger partial charge in [-0.15, -0.1) is 12.4 Å². The zero-order chi connectivity index (χ0) is 20.4. The summed E-state index contributed by atoms with van der Waals surface area (Å²) < 4.78 is 33.1. The molecular weight excluding hydrogens is 443 g/mol. The Kier molecular flexibility index (Phi) is 7.69. The van der Waals surface area contributed by atoms with E-state index < -0.39 is 10.0 Å². The van der Waals surface area contributed by atoms with Crippen molar-refractivity contribution < 1.29 is 13.2 Å². The lowest BCUT2D eigenvalue weighted by Gasteiger charge is -2.36. The molecule has 0 aliphatic carbocycles. The number of rotatable bonds is 5. The van der Waals surface area contributed by atoms with Crippen LogP contribution in [0.2, 0.25) is 5.02 Å². The Labute approximate surface area is 190 Å². The van der Waals surface area contributed by atoms with Crippen molar-refractivity contribution in [3.05, 3.63) is 58.6 Å². The van der Waals surface area contributed by atoms with Gasteiger partial charge in [-0.2, -0.15) is 4.31 Å². The number of nitrogens with zero attached hydrogens (tertiary/aromatic N) is 2. The minimum Gasteiger partial charge on any atom is -0.495 e. The summed E-state index contributed by atoms with van der Waals surface area (Å²) in [5.74, 6) is 0.824. The predicted molar refractivity (Wildman–Crippen MR) is 122 cm³/mol. The predicted octanol–water partition coefficient (Wildman–Crippen LogP) is 4.23. The zero-order valence-corrected chi connectivity index (χ0v) is 19.5. The molecule has 0 saturated carbocycles. The Bertz CT molecular complexity index is 984. The molecule has 0 N–H and O–H groups in total. The summed E-state index contributed by atoms with van der Waals surface area (Å²) in [6.07, 6.45) is 3.01. The fourth-order valence-electron chi connectivity index (χ4n) is 4.43. The second-order valence-electron chi connectivity index (χ2n) is 7.92. The minimum atomic E-state index is -3.56. The van der Waals surface area contributed by atoms with E-state index in [9.17, 15) is 8.42 Å². The number of halogens is 2. The number of fused-ring (bicyclic) bond motifs is 1. The molecule has 0 amide bonds. The van der Waals surface area contributed by atoms with E-state index >= 15 is 0 Å². The molecule has 8 heteroatoms. The van der Waals surface area contributed by atoms with Gasteiger partial charge in [0.2, 0.25) is 10.0 Å². The normalized spacial score (nSPS) is 20.3. The van der Waals surface area contributed by atoms with Crippen LogP contribution in [0.1, 0.15) is 24.0 Å². The number of piperidine rings is 1. The lowest BCUT2D eigenvalue weighted by atomic mass is 9.95. The molecule has 0 bridgehead atoms. The van der Waals surface area contributed by atoms with Crippen LogP contribution in [0, 0.1) is 5.92 Å². The number of sulfonamides is 1. The average Bonchev–Trinajstić information content (AvgIpc) is 2.74. The monoisotopic (exact) mass is 470 g/mol. The summed E-state index contributed by atoms with van der Waals surface area (Å²) in [5.41, 5.74) is 2.83. The summed E-state index contributed by atoms with van der Waals surface area (Å²) >= 11 is 6.16. The van der Waals surface area contributed by atoms with Crippen LogP contribution < -0.4 is 4.74 Å². The van der Waals surface area contributed by atoms with Gasteiger partial charge >= 0.3 is 0 Å². The second kappa shape index (κ2) is 9.88. The van der Waals surface area contributed by atoms with Crippen LogP contribution >= 0.6 is 24.0 Å². The fourth-order valence-corrected chi connectivity index (χ4v) is 6.33. The van der Waals surface area contributed by atoms with Crippen LogP contribution in [0.15, 0.2) is 47.4 Å². The summed E-state index contributed by atoms with van der Waals surface area (Å²) in [6.45, 7) is 4.04. The Morgan fingerprint density at radius 3 is 2.63 bits per heavy atom. The van der Waals surface area contributed by atoms with Gasteiger partial charge in [0.15, 0.2) is 0 Å². The van der Waals surface area contributed by atoms with Gasteiger partial charge < -0.3 is 4.74 Å². The van der Waals surface area contributed by atoms with E-state index in [1.165, 1.54) is 24.3 Å². The molecule has 0 aromatic heterocycles. The molecular formula is C22H28Cl2N2O3S. The maximum Gasteiger partial charge on any atom is 0.243 e. The van der Waals surface area contributed by atoms with Gasteiger partial charge in [0, 0.05) is 32.7 Å². The molecule has 2 aliphatic rings. The van der Waals surface area contributed by atoms with Gasteiger partial charge in [0.25, 0.3) is 0 Å². The third-order valence-corrected chi connectivity index (χ3v) is 8.13. The van der Waals surface area contributed by atoms with Crippen molar-refractivity contribution in [1.29, 1.82) is 0 Å². The molecule has 4 rings (SSSR count). The third-order valence-electron chi connectivity index (χ3n) is 5.97. The van der Waals surface area contributed by atoms with Crippen LogP contribution in [-0.2, 0) is 23.0 Å². The van der Waals surface area contributed by atoms with Crippen molar-refractivity contribution in [3.63, 3.8) is 0 Å². The van der Waals surface area contributed by atoms with Gasteiger partial charge in [-0.25, -0.2) is 8.42 Å². The number of benzene rings is 2. The van der Waals surface area contributed by atoms with Gasteiger partial charge in [-0.1, -0.05) is 35.9 Å². The highest BCUT2D eigenvalue weighted by molar-refractivity contribution is 7.89. The third kappa shape index (κ3) is 4.94. The SMILES string of the molecule is COc1ccc(S(=O)(=O)N2CCCC(CN3CCc4ccccc4C3)C2)cc1Cl.Cl. The molecule has 164 valence electrons. The molecule has 0 spiro atoms. The highest BCUT2D eigenvalue weighted by atomic mass is 35.5. The molecule has 2 aromatic carbocycles. The van der Waals surface area contributed by atoms with Crippen molar-refractivity contribution in [1.82, 2.24) is 9.21 Å². The van der Waals surface area contributed by atoms with Gasteiger partial charge in [0.05, 0.1) is 17.0 Å². The van der Waals surface area contributed by atoms with Crippen LogP contribution in [0.3, 0.4) is 0 Å². The summed E-state index contributed by atoms with van der Waals surface area (Å²) in [5, 5.41) is 0.314. The topological polar surface area (TPSA) is 49.9 Å². The maximum absolute atomic E-state index is 13.2. The maximum atomic E-state index is 13.2. The van der Waals surface area contributed by atoms with E-state index in [0.717, 1.165) is 38.9 Å². The number of ether oxygens (including phenoxy) is 1. The molecule has 1 fully saturated rings. The molecule has 0 radical (unpaired) electrons. The van der Waals surface area contributed by atoms with E-state index in [1.807, 2.05) is 0 Å². The summed E-state index contributed by atoms with van der Waals surface area (Å²) in [6, 6.07) is 13.3. The molecule has 5 nitrogen and oxygen atoms in total. The summed E-state index contributed by atoms with van der Waals surface area (Å²) in [4.78, 5) is 2.70. The Morgan fingerprint density at radius 1 is 1.13 bits per heavy atom. The van der Waals surface area contributed by atoms with Crippen molar-refractivity contribution in [2.45, 2.75) is 30.7 Å². The first-order valence-corrected chi connectivity index (χ1v) is 11.9. The van der Waals surface area contributed by atoms with Crippen molar-refractivity contribution in [2.75, 3.05) is 33.3 Å². The molecule has 2 aliphatic heterocycles. The Hall–Kier alpha value is -1.31. The van der Waals surface area contributed by atoms with E-state index in [1.54, 1.807) is 16.4 Å². The molecule has 30 heavy (non-hydrogen) atoms. The van der Waals surface area contributed by atoms with E-state index in [0.29, 0.717) is 29.8 Å². The smallest absolute Gasteiger partial charge is 0.243 e. The summed E-state index contributed by atoms with van der Waals surface area (Å²) in [7, 11) is -2.04. The van der Waals surface area contributed by atoms with Crippen molar-refractivity contribution in [2.24, 2.45) is 5.92 Å². The lowest BCUT2D eigenvalue weighted by molar-refractivity contribution is 0.167. The first-order chi connectivity index (χ1) is 14.0. The highest BCUT2D eigenvalue weighted by Crippen LogP contribution is 2.31. The Morgan fingerprint density at radius 2 is 1.90 bits per heavy atom. The minimum absolute atomic E-state index is 0. The average molecular weight is 471 g/mol. The van der Waals surface area contributed by atoms with Gasteiger partial charge in [-0.3, -0.25) is 4.90 Å². The molecule has 2 aromatic rings. The second-order valence-corrected chi connectivity index (χ2v) is 10.3. The first kappa shape index (κ1) is 23.4. The van der Waals surface area contributed by atoms with Crippen molar-refractivity contribution >= 4 is 34.0 Å². The van der Waals surface area contributed by atoms with Crippen LogP contribution in [-0.4, -0.2) is 50.9 Å². The Balaban J connectivity index is 0.00000256. The highest BCUT2D eigenvalue weighted by Gasteiger charge is 2.32. The fraction of sp³-hybridized carbons (Fsp3) is 0.455. The number of hydrogen-bond donors (Lipinski definition) is 0. The van der Waals surface area contributed by atoms with Crippen LogP contribution in [0.5, 0.6) is 5.75 Å². The van der Waals surface area contributed by atoms with Crippen LogP contribution in [0.4, 0.5) is 0 Å². The number of hydrogen-bond acceptors (Lipinski definition) is 4. The molecule has 1 atom stereocenters. The van der Waals surface area contributed by atoms with Crippen molar-refractivity contribution in [3.8, 4) is 5.75 Å². The van der Waals surface area contributed by atoms with E-state index in [-0.39, 0.29) is 17.3 Å². The largest absolute Gasteiger partial charge is 0.495 e. The van der Waals surface area contributed by atoms with Gasteiger partial charge in [0.1, 0.15) is 5.75 Å². The van der Waals surface area contributed by atoms with Gasteiger partial charge in [-0.05, 0) is 54.5 Å². The van der Waals surface area contributed by atoms with E-state index in [2.05, 4.69) is 29.2 Å². The van der Waals surface area contributed by atoms with Crippen LogP contribution in [0.25, 0.3) is 0 Å². The quantitative estimate of drug-likeness (QED) is 0.655.